The summed E-state index contributed by atoms with van der Waals surface area (Å²) in [6, 6.07) is 10.8. The van der Waals surface area contributed by atoms with Crippen molar-refractivity contribution in [3.63, 3.8) is 0 Å². The molecular weight excluding hydrogens is 392 g/mol. The van der Waals surface area contributed by atoms with E-state index in [9.17, 15) is 13.2 Å². The number of ether oxygens (including phenoxy) is 2. The van der Waals surface area contributed by atoms with E-state index in [0.717, 1.165) is 11.1 Å². The lowest BCUT2D eigenvalue weighted by Crippen LogP contribution is -2.32. The number of sulfonamides is 1. The lowest BCUT2D eigenvalue weighted by Gasteiger charge is -2.11. The normalized spacial score (nSPS) is 11.2. The first-order chi connectivity index (χ1) is 13.8. The predicted octanol–water partition coefficient (Wildman–Crippen LogP) is 2.35. The highest BCUT2D eigenvalue weighted by Gasteiger charge is 2.17. The van der Waals surface area contributed by atoms with Crippen molar-refractivity contribution in [2.24, 2.45) is 0 Å². The number of benzene rings is 2. The van der Waals surface area contributed by atoms with Crippen LogP contribution in [0.5, 0.6) is 11.5 Å². The van der Waals surface area contributed by atoms with Crippen LogP contribution in [0.25, 0.3) is 0 Å². The van der Waals surface area contributed by atoms with Crippen molar-refractivity contribution in [3.8, 4) is 11.5 Å². The van der Waals surface area contributed by atoms with Crippen molar-refractivity contribution in [3.05, 3.63) is 53.1 Å². The first-order valence-corrected chi connectivity index (χ1v) is 10.8. The van der Waals surface area contributed by atoms with Crippen LogP contribution in [-0.2, 0) is 21.2 Å². The largest absolute Gasteiger partial charge is 0.493 e. The number of hydrogen-bond acceptors (Lipinski definition) is 5. The summed E-state index contributed by atoms with van der Waals surface area (Å²) in [5, 5.41) is 2.80. The highest BCUT2D eigenvalue weighted by Crippen LogP contribution is 2.27. The number of carbonyl (C=O) groups is 1. The van der Waals surface area contributed by atoms with E-state index in [-0.39, 0.29) is 23.8 Å². The molecule has 0 aliphatic rings. The Labute approximate surface area is 172 Å². The maximum Gasteiger partial charge on any atom is 0.240 e. The predicted molar refractivity (Wildman–Crippen MR) is 112 cm³/mol. The number of carbonyl (C=O) groups excluding carboxylic acids is 1. The Hall–Kier alpha value is -2.58. The highest BCUT2D eigenvalue weighted by molar-refractivity contribution is 7.89. The molecule has 0 aromatic heterocycles. The van der Waals surface area contributed by atoms with Crippen LogP contribution in [0.15, 0.2) is 41.3 Å². The molecule has 0 atom stereocenters. The van der Waals surface area contributed by atoms with Crippen LogP contribution in [0.1, 0.15) is 23.1 Å². The van der Waals surface area contributed by atoms with Gasteiger partial charge in [-0.2, -0.15) is 0 Å². The van der Waals surface area contributed by atoms with Gasteiger partial charge in [-0.05, 0) is 55.2 Å². The van der Waals surface area contributed by atoms with Gasteiger partial charge in [0.1, 0.15) is 0 Å². The monoisotopic (exact) mass is 420 g/mol. The second-order valence-corrected chi connectivity index (χ2v) is 8.44. The molecule has 0 spiro atoms. The Morgan fingerprint density at radius 3 is 2.38 bits per heavy atom. The molecule has 2 aromatic rings. The molecule has 0 fully saturated rings. The molecule has 0 unspecified atom stereocenters. The van der Waals surface area contributed by atoms with Gasteiger partial charge in [-0.15, -0.1) is 0 Å². The van der Waals surface area contributed by atoms with Gasteiger partial charge in [0.05, 0.1) is 19.1 Å². The van der Waals surface area contributed by atoms with Crippen molar-refractivity contribution in [2.75, 3.05) is 27.3 Å². The standard InChI is InChI=1S/C21H28N2O5S/c1-15-5-6-16(2)20(13-15)29(25,26)23-12-10-21(24)22-11-9-17-7-8-18(27-3)19(14-17)28-4/h5-8,13-14,23H,9-12H2,1-4H3,(H,22,24). The fourth-order valence-electron chi connectivity index (χ4n) is 2.84. The first-order valence-electron chi connectivity index (χ1n) is 9.31. The van der Waals surface area contributed by atoms with E-state index < -0.39 is 10.0 Å². The van der Waals surface area contributed by atoms with E-state index >= 15 is 0 Å². The highest BCUT2D eigenvalue weighted by atomic mass is 32.2. The lowest BCUT2D eigenvalue weighted by molar-refractivity contribution is -0.120. The minimum atomic E-state index is -3.64. The van der Waals surface area contributed by atoms with E-state index in [0.29, 0.717) is 30.0 Å². The average Bonchev–Trinajstić information content (AvgIpc) is 2.69. The molecule has 29 heavy (non-hydrogen) atoms. The summed E-state index contributed by atoms with van der Waals surface area (Å²) in [7, 11) is -0.495. The van der Waals surface area contributed by atoms with Gasteiger partial charge in [-0.1, -0.05) is 18.2 Å². The summed E-state index contributed by atoms with van der Waals surface area (Å²) in [4.78, 5) is 12.3. The van der Waals surface area contributed by atoms with Crippen LogP contribution in [0.2, 0.25) is 0 Å². The van der Waals surface area contributed by atoms with E-state index in [4.69, 9.17) is 9.47 Å². The van der Waals surface area contributed by atoms with Gasteiger partial charge in [0.2, 0.25) is 15.9 Å². The van der Waals surface area contributed by atoms with Gasteiger partial charge >= 0.3 is 0 Å². The molecule has 0 saturated carbocycles. The van der Waals surface area contributed by atoms with E-state index in [2.05, 4.69) is 10.0 Å². The quantitative estimate of drug-likeness (QED) is 0.615. The number of aryl methyl sites for hydroxylation is 2. The summed E-state index contributed by atoms with van der Waals surface area (Å²) in [5.74, 6) is 1.07. The Morgan fingerprint density at radius 1 is 0.966 bits per heavy atom. The van der Waals surface area contributed by atoms with Crippen LogP contribution < -0.4 is 19.5 Å². The van der Waals surface area contributed by atoms with Crippen LogP contribution in [0.4, 0.5) is 0 Å². The van der Waals surface area contributed by atoms with Crippen molar-refractivity contribution < 1.29 is 22.7 Å². The van der Waals surface area contributed by atoms with Gasteiger partial charge in [0.25, 0.3) is 0 Å². The van der Waals surface area contributed by atoms with Crippen LogP contribution in [0.3, 0.4) is 0 Å². The van der Waals surface area contributed by atoms with Crippen molar-refractivity contribution in [1.29, 1.82) is 0 Å². The van der Waals surface area contributed by atoms with E-state index in [1.807, 2.05) is 31.2 Å². The summed E-state index contributed by atoms with van der Waals surface area (Å²) in [5.41, 5.74) is 2.53. The van der Waals surface area contributed by atoms with Gasteiger partial charge < -0.3 is 14.8 Å². The second kappa shape index (κ2) is 10.3. The molecule has 8 heteroatoms. The van der Waals surface area contributed by atoms with Gasteiger partial charge in [0, 0.05) is 19.5 Å². The molecular formula is C21H28N2O5S. The number of amides is 1. The van der Waals surface area contributed by atoms with Crippen molar-refractivity contribution >= 4 is 15.9 Å². The van der Waals surface area contributed by atoms with E-state index in [1.165, 1.54) is 0 Å². The molecule has 0 bridgehead atoms. The molecule has 0 heterocycles. The second-order valence-electron chi connectivity index (χ2n) is 6.71. The zero-order valence-corrected chi connectivity index (χ0v) is 18.1. The molecule has 0 radical (unpaired) electrons. The van der Waals surface area contributed by atoms with Crippen LogP contribution in [-0.4, -0.2) is 41.6 Å². The fourth-order valence-corrected chi connectivity index (χ4v) is 4.20. The smallest absolute Gasteiger partial charge is 0.240 e. The Bertz CT molecular complexity index is 958. The number of methoxy groups -OCH3 is 2. The molecule has 0 saturated heterocycles. The first kappa shape index (κ1) is 22.7. The molecule has 2 rings (SSSR count). The maximum atomic E-state index is 12.4. The molecule has 2 N–H and O–H groups in total. The van der Waals surface area contributed by atoms with Gasteiger partial charge in [-0.3, -0.25) is 4.79 Å². The zero-order chi connectivity index (χ0) is 21.4. The SMILES string of the molecule is COc1ccc(CCNC(=O)CCNS(=O)(=O)c2cc(C)ccc2C)cc1OC. The third-order valence-corrected chi connectivity index (χ3v) is 6.06. The molecule has 1 amide bonds. The van der Waals surface area contributed by atoms with Crippen LogP contribution >= 0.6 is 0 Å². The summed E-state index contributed by atoms with van der Waals surface area (Å²) in [6.07, 6.45) is 0.691. The topological polar surface area (TPSA) is 93.7 Å². The van der Waals surface area contributed by atoms with Gasteiger partial charge in [-0.25, -0.2) is 13.1 Å². The maximum absolute atomic E-state index is 12.4. The third kappa shape index (κ3) is 6.47. The fraction of sp³-hybridized carbons (Fsp3) is 0.381. The average molecular weight is 421 g/mol. The molecule has 0 aliphatic carbocycles. The molecule has 0 aliphatic heterocycles. The molecule has 7 nitrogen and oxygen atoms in total. The van der Waals surface area contributed by atoms with Crippen molar-refractivity contribution in [2.45, 2.75) is 31.6 Å². The Morgan fingerprint density at radius 2 is 1.69 bits per heavy atom. The molecule has 2 aromatic carbocycles. The number of hydrogen-bond donors (Lipinski definition) is 2. The third-order valence-electron chi connectivity index (χ3n) is 4.46. The van der Waals surface area contributed by atoms with Crippen molar-refractivity contribution in [1.82, 2.24) is 10.0 Å². The molecule has 158 valence electrons. The minimum absolute atomic E-state index is 0.0396. The van der Waals surface area contributed by atoms with Gasteiger partial charge in [0.15, 0.2) is 11.5 Å². The van der Waals surface area contributed by atoms with E-state index in [1.54, 1.807) is 33.3 Å². The Balaban J connectivity index is 1.79. The summed E-state index contributed by atoms with van der Waals surface area (Å²) >= 11 is 0. The minimum Gasteiger partial charge on any atom is -0.493 e. The van der Waals surface area contributed by atoms with Crippen LogP contribution in [0, 0.1) is 13.8 Å². The summed E-state index contributed by atoms with van der Waals surface area (Å²) in [6.45, 7) is 4.06. The lowest BCUT2D eigenvalue weighted by atomic mass is 10.1. The summed E-state index contributed by atoms with van der Waals surface area (Å²) < 4.78 is 37.8. The number of nitrogens with one attached hydrogen (secondary N) is 2. The number of rotatable bonds is 10. The zero-order valence-electron chi connectivity index (χ0n) is 17.2. The Kier molecular flexibility index (Phi) is 8.04.